The van der Waals surface area contributed by atoms with Crippen molar-refractivity contribution in [3.63, 3.8) is 0 Å². The number of nitrogens with zero attached hydrogens (tertiary/aromatic N) is 5. The van der Waals surface area contributed by atoms with E-state index in [1.807, 2.05) is 36.5 Å². The van der Waals surface area contributed by atoms with E-state index in [4.69, 9.17) is 4.74 Å². The molecular formula is C24H17N7O. The van der Waals surface area contributed by atoms with Crippen molar-refractivity contribution in [3.05, 3.63) is 73.6 Å². The highest BCUT2D eigenvalue weighted by Gasteiger charge is 2.15. The highest BCUT2D eigenvalue weighted by Crippen LogP contribution is 2.34. The Kier molecular flexibility index (Phi) is 4.14. The molecule has 6 aromatic rings. The summed E-state index contributed by atoms with van der Waals surface area (Å²) in [5, 5.41) is 9.59. The van der Waals surface area contributed by atoms with E-state index in [0.29, 0.717) is 5.75 Å². The van der Waals surface area contributed by atoms with Crippen molar-refractivity contribution in [2.75, 3.05) is 7.11 Å². The van der Waals surface area contributed by atoms with E-state index in [1.165, 1.54) is 0 Å². The SMILES string of the molecule is COc1cncc(-c2cc3c(-c4cc5c(-c6cccnc6)ccnc5[nH]4)n[nH]c3cn2)c1. The van der Waals surface area contributed by atoms with Gasteiger partial charge in [-0.2, -0.15) is 5.10 Å². The minimum absolute atomic E-state index is 0.682. The number of nitrogens with one attached hydrogen (secondary N) is 2. The quantitative estimate of drug-likeness (QED) is 0.431. The molecule has 6 aromatic heterocycles. The molecule has 0 fully saturated rings. The maximum absolute atomic E-state index is 5.30. The standard InChI is InChI=1S/C24H17N7O/c1-32-16-7-15(11-26-12-16)20-9-19-22(13-28-20)30-31-23(19)21-8-18-17(4-6-27-24(18)29-21)14-3-2-5-25-10-14/h2-13H,1H3,(H,27,29)(H,30,31). The Morgan fingerprint density at radius 3 is 2.66 bits per heavy atom. The van der Waals surface area contributed by atoms with Crippen LogP contribution in [0.25, 0.3) is 55.7 Å². The number of ether oxygens (including phenoxy) is 1. The number of aromatic nitrogens is 7. The molecule has 0 unspecified atom stereocenters. The lowest BCUT2D eigenvalue weighted by Crippen LogP contribution is -1.88. The average Bonchev–Trinajstić information content (AvgIpc) is 3.48. The van der Waals surface area contributed by atoms with E-state index in [9.17, 15) is 0 Å². The second-order valence-corrected chi connectivity index (χ2v) is 7.35. The molecule has 8 nitrogen and oxygen atoms in total. The minimum Gasteiger partial charge on any atom is -0.495 e. The van der Waals surface area contributed by atoms with Crippen molar-refractivity contribution in [2.24, 2.45) is 0 Å². The lowest BCUT2D eigenvalue weighted by atomic mass is 10.1. The molecule has 0 aromatic carbocycles. The predicted octanol–water partition coefficient (Wildman–Crippen LogP) is 4.63. The van der Waals surface area contributed by atoms with E-state index in [-0.39, 0.29) is 0 Å². The van der Waals surface area contributed by atoms with Crippen LogP contribution in [-0.2, 0) is 0 Å². The summed E-state index contributed by atoms with van der Waals surface area (Å²) < 4.78 is 5.30. The number of pyridine rings is 4. The molecule has 6 heterocycles. The van der Waals surface area contributed by atoms with Gasteiger partial charge < -0.3 is 9.72 Å². The molecule has 2 N–H and O–H groups in total. The molecule has 0 saturated heterocycles. The maximum Gasteiger partial charge on any atom is 0.138 e. The Balaban J connectivity index is 1.50. The van der Waals surface area contributed by atoms with Crippen LogP contribution in [0.2, 0.25) is 0 Å². The van der Waals surface area contributed by atoms with Crippen molar-refractivity contribution < 1.29 is 4.74 Å². The molecule has 0 aliphatic rings. The average molecular weight is 419 g/mol. The zero-order valence-electron chi connectivity index (χ0n) is 17.1. The third kappa shape index (κ3) is 2.97. The summed E-state index contributed by atoms with van der Waals surface area (Å²) in [6.07, 6.45) is 10.6. The normalized spacial score (nSPS) is 11.3. The summed E-state index contributed by atoms with van der Waals surface area (Å²) in [6.45, 7) is 0. The van der Waals surface area contributed by atoms with Gasteiger partial charge in [0, 0.05) is 46.7 Å². The fourth-order valence-corrected chi connectivity index (χ4v) is 3.88. The van der Waals surface area contributed by atoms with Crippen molar-refractivity contribution in [3.8, 4) is 39.5 Å². The number of rotatable bonds is 4. The van der Waals surface area contributed by atoms with Gasteiger partial charge in [0.15, 0.2) is 0 Å². The summed E-state index contributed by atoms with van der Waals surface area (Å²) in [4.78, 5) is 21.0. The van der Waals surface area contributed by atoms with E-state index >= 15 is 0 Å². The lowest BCUT2D eigenvalue weighted by Gasteiger charge is -2.04. The van der Waals surface area contributed by atoms with Crippen LogP contribution < -0.4 is 4.74 Å². The molecule has 0 saturated carbocycles. The summed E-state index contributed by atoms with van der Waals surface area (Å²) in [5.41, 5.74) is 7.07. The molecule has 0 amide bonds. The molecule has 0 radical (unpaired) electrons. The van der Waals surface area contributed by atoms with Crippen LogP contribution in [0, 0.1) is 0 Å². The zero-order chi connectivity index (χ0) is 21.5. The Morgan fingerprint density at radius 2 is 1.78 bits per heavy atom. The van der Waals surface area contributed by atoms with Crippen LogP contribution in [0.1, 0.15) is 0 Å². The van der Waals surface area contributed by atoms with Crippen molar-refractivity contribution in [2.45, 2.75) is 0 Å². The molecule has 0 atom stereocenters. The molecule has 8 heteroatoms. The number of aromatic amines is 2. The van der Waals surface area contributed by atoms with Gasteiger partial charge in [-0.15, -0.1) is 0 Å². The van der Waals surface area contributed by atoms with Gasteiger partial charge in [-0.3, -0.25) is 20.1 Å². The van der Waals surface area contributed by atoms with Gasteiger partial charge >= 0.3 is 0 Å². The third-order valence-corrected chi connectivity index (χ3v) is 5.45. The Hall–Kier alpha value is -4.59. The van der Waals surface area contributed by atoms with E-state index in [0.717, 1.165) is 55.7 Å². The number of hydrogen-bond acceptors (Lipinski definition) is 6. The Bertz CT molecular complexity index is 1570. The smallest absolute Gasteiger partial charge is 0.138 e. The van der Waals surface area contributed by atoms with Crippen LogP contribution >= 0.6 is 0 Å². The van der Waals surface area contributed by atoms with Crippen molar-refractivity contribution in [1.29, 1.82) is 0 Å². The molecule has 0 spiro atoms. The lowest BCUT2D eigenvalue weighted by molar-refractivity contribution is 0.413. The highest BCUT2D eigenvalue weighted by molar-refractivity contribution is 6.00. The summed E-state index contributed by atoms with van der Waals surface area (Å²) in [7, 11) is 1.62. The van der Waals surface area contributed by atoms with Crippen LogP contribution in [0.3, 0.4) is 0 Å². The Morgan fingerprint density at radius 1 is 0.844 bits per heavy atom. The summed E-state index contributed by atoms with van der Waals surface area (Å²) in [6, 6.07) is 12.0. The number of fused-ring (bicyclic) bond motifs is 2. The van der Waals surface area contributed by atoms with Gasteiger partial charge in [0.05, 0.1) is 36.4 Å². The Labute approximate surface area is 182 Å². The second kappa shape index (κ2) is 7.28. The maximum atomic E-state index is 5.30. The molecular weight excluding hydrogens is 402 g/mol. The fourth-order valence-electron chi connectivity index (χ4n) is 3.88. The molecule has 6 rings (SSSR count). The van der Waals surface area contributed by atoms with Gasteiger partial charge in [-0.05, 0) is 35.9 Å². The molecule has 32 heavy (non-hydrogen) atoms. The summed E-state index contributed by atoms with van der Waals surface area (Å²) in [5.74, 6) is 0.682. The summed E-state index contributed by atoms with van der Waals surface area (Å²) >= 11 is 0. The van der Waals surface area contributed by atoms with Crippen LogP contribution in [0.5, 0.6) is 5.75 Å². The first-order valence-corrected chi connectivity index (χ1v) is 10.0. The fraction of sp³-hybridized carbons (Fsp3) is 0.0417. The number of hydrogen-bond donors (Lipinski definition) is 2. The van der Waals surface area contributed by atoms with Crippen LogP contribution in [0.15, 0.2) is 73.6 Å². The first-order chi connectivity index (χ1) is 15.8. The van der Waals surface area contributed by atoms with E-state index < -0.39 is 0 Å². The van der Waals surface area contributed by atoms with Crippen molar-refractivity contribution in [1.82, 2.24) is 35.1 Å². The van der Waals surface area contributed by atoms with E-state index in [2.05, 4.69) is 41.2 Å². The third-order valence-electron chi connectivity index (χ3n) is 5.45. The number of methoxy groups -OCH3 is 1. The van der Waals surface area contributed by atoms with Gasteiger partial charge in [0.1, 0.15) is 17.1 Å². The van der Waals surface area contributed by atoms with Gasteiger partial charge in [-0.25, -0.2) is 4.98 Å². The molecule has 154 valence electrons. The van der Waals surface area contributed by atoms with Crippen molar-refractivity contribution >= 4 is 21.9 Å². The van der Waals surface area contributed by atoms with E-state index in [1.54, 1.807) is 38.1 Å². The largest absolute Gasteiger partial charge is 0.495 e. The zero-order valence-corrected chi connectivity index (χ0v) is 17.1. The second-order valence-electron chi connectivity index (χ2n) is 7.35. The topological polar surface area (TPSA) is 105 Å². The monoisotopic (exact) mass is 419 g/mol. The first kappa shape index (κ1) is 18.2. The molecule has 0 aliphatic carbocycles. The number of H-pyrrole nitrogens is 2. The van der Waals surface area contributed by atoms with Crippen LogP contribution in [0.4, 0.5) is 0 Å². The predicted molar refractivity (Wildman–Crippen MR) is 122 cm³/mol. The van der Waals surface area contributed by atoms with Crippen LogP contribution in [-0.4, -0.2) is 42.2 Å². The first-order valence-electron chi connectivity index (χ1n) is 10.0. The van der Waals surface area contributed by atoms with Gasteiger partial charge in [0.2, 0.25) is 0 Å². The van der Waals surface area contributed by atoms with Gasteiger partial charge in [0.25, 0.3) is 0 Å². The van der Waals surface area contributed by atoms with Gasteiger partial charge in [-0.1, -0.05) is 6.07 Å². The highest BCUT2D eigenvalue weighted by atomic mass is 16.5. The molecule has 0 bridgehead atoms. The molecule has 0 aliphatic heterocycles. The minimum atomic E-state index is 0.682.